The Morgan fingerprint density at radius 3 is 3.00 bits per heavy atom. The lowest BCUT2D eigenvalue weighted by molar-refractivity contribution is 0.282. The van der Waals surface area contributed by atoms with Crippen LogP contribution in [0.5, 0.6) is 0 Å². The fourth-order valence-corrected chi connectivity index (χ4v) is 3.05. The molecule has 0 aliphatic carbocycles. The van der Waals surface area contributed by atoms with Crippen molar-refractivity contribution in [1.29, 1.82) is 0 Å². The molecule has 3 nitrogen and oxygen atoms in total. The van der Waals surface area contributed by atoms with E-state index in [0.717, 1.165) is 13.0 Å². The Hall–Kier alpha value is -0.450. The van der Waals surface area contributed by atoms with Gasteiger partial charge >= 0.3 is 0 Å². The third-order valence-electron chi connectivity index (χ3n) is 3.10. The lowest BCUT2D eigenvalue weighted by atomic mass is 9.93. The third kappa shape index (κ3) is 3.03. The molecule has 0 unspecified atom stereocenters. The largest absolute Gasteiger partial charge is 0.330 e. The molecule has 16 heavy (non-hydrogen) atoms. The average molecular weight is 239 g/mol. The van der Waals surface area contributed by atoms with Crippen LogP contribution in [0.15, 0.2) is 5.38 Å². The van der Waals surface area contributed by atoms with Crippen LogP contribution < -0.4 is 5.73 Å². The van der Waals surface area contributed by atoms with Crippen molar-refractivity contribution in [3.63, 3.8) is 0 Å². The fourth-order valence-electron chi connectivity index (χ4n) is 2.25. The van der Waals surface area contributed by atoms with Crippen molar-refractivity contribution in [2.45, 2.75) is 33.2 Å². The van der Waals surface area contributed by atoms with Gasteiger partial charge in [-0.15, -0.1) is 11.3 Å². The smallest absolute Gasteiger partial charge is 0.0941 e. The Labute approximate surface area is 102 Å². The van der Waals surface area contributed by atoms with Crippen LogP contribution in [0.4, 0.5) is 0 Å². The summed E-state index contributed by atoms with van der Waals surface area (Å²) in [6.45, 7) is 8.78. The first-order chi connectivity index (χ1) is 7.59. The number of aromatic nitrogens is 1. The molecule has 0 saturated carbocycles. The molecule has 90 valence electrons. The summed E-state index contributed by atoms with van der Waals surface area (Å²) in [5.41, 5.74) is 7.22. The Kier molecular flexibility index (Phi) is 3.62. The van der Waals surface area contributed by atoms with Crippen molar-refractivity contribution in [2.75, 3.05) is 19.6 Å². The van der Waals surface area contributed by atoms with E-state index in [1.54, 1.807) is 11.3 Å². The van der Waals surface area contributed by atoms with E-state index in [9.17, 15) is 0 Å². The molecule has 1 aromatic rings. The molecule has 2 heterocycles. The summed E-state index contributed by atoms with van der Waals surface area (Å²) in [5.74, 6) is 0. The van der Waals surface area contributed by atoms with Gasteiger partial charge in [-0.05, 0) is 24.9 Å². The van der Waals surface area contributed by atoms with Crippen LogP contribution in [-0.2, 0) is 13.0 Å². The molecule has 0 atom stereocenters. The Morgan fingerprint density at radius 1 is 1.56 bits per heavy atom. The molecule has 1 saturated heterocycles. The molecule has 1 aliphatic heterocycles. The van der Waals surface area contributed by atoms with Crippen LogP contribution in [0.25, 0.3) is 0 Å². The lowest BCUT2D eigenvalue weighted by Crippen LogP contribution is -2.23. The second kappa shape index (κ2) is 4.82. The summed E-state index contributed by atoms with van der Waals surface area (Å²) in [4.78, 5) is 7.11. The summed E-state index contributed by atoms with van der Waals surface area (Å²) < 4.78 is 0. The second-order valence-electron chi connectivity index (χ2n) is 5.40. The van der Waals surface area contributed by atoms with Gasteiger partial charge < -0.3 is 5.73 Å². The predicted molar refractivity (Wildman–Crippen MR) is 68.5 cm³/mol. The van der Waals surface area contributed by atoms with Crippen molar-refractivity contribution >= 4 is 11.3 Å². The average Bonchev–Trinajstić information content (AvgIpc) is 2.75. The minimum atomic E-state index is 0.482. The molecule has 4 heteroatoms. The van der Waals surface area contributed by atoms with E-state index >= 15 is 0 Å². The van der Waals surface area contributed by atoms with Crippen LogP contribution in [0.2, 0.25) is 0 Å². The molecule has 1 aromatic heterocycles. The molecular formula is C12H21N3S. The summed E-state index contributed by atoms with van der Waals surface area (Å²) in [6.07, 6.45) is 2.21. The molecular weight excluding hydrogens is 218 g/mol. The number of likely N-dealkylation sites (tertiary alicyclic amines) is 1. The number of nitrogens with zero attached hydrogens (tertiary/aromatic N) is 2. The monoisotopic (exact) mass is 239 g/mol. The molecule has 0 aromatic carbocycles. The van der Waals surface area contributed by atoms with Gasteiger partial charge in [0.2, 0.25) is 0 Å². The maximum atomic E-state index is 5.53. The Morgan fingerprint density at radius 2 is 2.38 bits per heavy atom. The molecule has 1 fully saturated rings. The van der Waals surface area contributed by atoms with Gasteiger partial charge in [0.1, 0.15) is 0 Å². The maximum Gasteiger partial charge on any atom is 0.0941 e. The Balaban J connectivity index is 1.89. The second-order valence-corrected chi connectivity index (χ2v) is 6.34. The Bertz CT molecular complexity index is 346. The highest BCUT2D eigenvalue weighted by Crippen LogP contribution is 2.29. The van der Waals surface area contributed by atoms with Gasteiger partial charge in [-0.1, -0.05) is 13.8 Å². The van der Waals surface area contributed by atoms with Crippen LogP contribution in [0, 0.1) is 5.41 Å². The van der Waals surface area contributed by atoms with E-state index in [0.29, 0.717) is 12.0 Å². The van der Waals surface area contributed by atoms with Crippen molar-refractivity contribution in [1.82, 2.24) is 9.88 Å². The van der Waals surface area contributed by atoms with Crippen LogP contribution in [0.3, 0.4) is 0 Å². The van der Waals surface area contributed by atoms with E-state index in [2.05, 4.69) is 29.1 Å². The number of hydrogen-bond acceptors (Lipinski definition) is 4. The summed E-state index contributed by atoms with van der Waals surface area (Å²) in [6, 6.07) is 0. The number of rotatable bonds is 4. The van der Waals surface area contributed by atoms with Crippen LogP contribution >= 0.6 is 11.3 Å². The summed E-state index contributed by atoms with van der Waals surface area (Å²) in [7, 11) is 0. The highest BCUT2D eigenvalue weighted by Gasteiger charge is 2.29. The SMILES string of the molecule is CC1(C)CCN(Cc2csc(CCN)n2)C1. The van der Waals surface area contributed by atoms with Gasteiger partial charge in [-0.3, -0.25) is 4.90 Å². The van der Waals surface area contributed by atoms with E-state index in [1.807, 2.05) is 0 Å². The lowest BCUT2D eigenvalue weighted by Gasteiger charge is -2.18. The van der Waals surface area contributed by atoms with Gasteiger partial charge in [-0.25, -0.2) is 4.98 Å². The van der Waals surface area contributed by atoms with Crippen LogP contribution in [0.1, 0.15) is 31.0 Å². The molecule has 0 radical (unpaired) electrons. The van der Waals surface area contributed by atoms with E-state index < -0.39 is 0 Å². The van der Waals surface area contributed by atoms with Crippen LogP contribution in [-0.4, -0.2) is 29.5 Å². The van der Waals surface area contributed by atoms with Gasteiger partial charge in [0.05, 0.1) is 10.7 Å². The van der Waals surface area contributed by atoms with Gasteiger partial charge in [0.25, 0.3) is 0 Å². The quantitative estimate of drug-likeness (QED) is 0.872. The standard InChI is InChI=1S/C12H21N3S/c1-12(2)4-6-15(9-12)7-10-8-16-11(14-10)3-5-13/h8H,3-7,9,13H2,1-2H3. The fraction of sp³-hybridized carbons (Fsp3) is 0.750. The number of nitrogens with two attached hydrogens (primary N) is 1. The van der Waals surface area contributed by atoms with Crippen molar-refractivity contribution in [3.8, 4) is 0 Å². The van der Waals surface area contributed by atoms with E-state index in [4.69, 9.17) is 5.73 Å². The van der Waals surface area contributed by atoms with E-state index in [1.165, 1.54) is 30.2 Å². The van der Waals surface area contributed by atoms with E-state index in [-0.39, 0.29) is 0 Å². The van der Waals surface area contributed by atoms with Gasteiger partial charge in [0.15, 0.2) is 0 Å². The molecule has 0 bridgehead atoms. The minimum absolute atomic E-state index is 0.482. The highest BCUT2D eigenvalue weighted by atomic mass is 32.1. The number of thiazole rings is 1. The first-order valence-electron chi connectivity index (χ1n) is 5.95. The summed E-state index contributed by atoms with van der Waals surface area (Å²) in [5, 5.41) is 3.35. The molecule has 1 aliphatic rings. The maximum absolute atomic E-state index is 5.53. The minimum Gasteiger partial charge on any atom is -0.330 e. The molecule has 0 spiro atoms. The topological polar surface area (TPSA) is 42.1 Å². The first kappa shape index (κ1) is 12.0. The predicted octanol–water partition coefficient (Wildman–Crippen LogP) is 1.88. The summed E-state index contributed by atoms with van der Waals surface area (Å²) >= 11 is 1.74. The van der Waals surface area contributed by atoms with Crippen molar-refractivity contribution in [2.24, 2.45) is 11.1 Å². The van der Waals surface area contributed by atoms with Gasteiger partial charge in [-0.2, -0.15) is 0 Å². The zero-order valence-corrected chi connectivity index (χ0v) is 11.0. The molecule has 2 N–H and O–H groups in total. The van der Waals surface area contributed by atoms with Crippen molar-refractivity contribution in [3.05, 3.63) is 16.1 Å². The normalized spacial score (nSPS) is 20.4. The highest BCUT2D eigenvalue weighted by molar-refractivity contribution is 7.09. The first-order valence-corrected chi connectivity index (χ1v) is 6.83. The number of hydrogen-bond donors (Lipinski definition) is 1. The van der Waals surface area contributed by atoms with Crippen molar-refractivity contribution < 1.29 is 0 Å². The third-order valence-corrected chi connectivity index (χ3v) is 4.06. The zero-order valence-electron chi connectivity index (χ0n) is 10.2. The molecule has 2 rings (SSSR count). The zero-order chi connectivity index (χ0) is 11.6. The molecule has 0 amide bonds. The van der Waals surface area contributed by atoms with Gasteiger partial charge in [0, 0.05) is 24.9 Å².